The normalized spacial score (nSPS) is 12.7. The largest absolute Gasteiger partial charge is 0.455 e. The third-order valence-corrected chi connectivity index (χ3v) is 5.85. The summed E-state index contributed by atoms with van der Waals surface area (Å²) in [6, 6.07) is 8.81. The Morgan fingerprint density at radius 3 is 2.00 bits per heavy atom. The highest BCUT2D eigenvalue weighted by molar-refractivity contribution is 5.90. The number of unbranched alkanes of at least 4 members (excludes halogenated alkanes) is 6. The third-order valence-electron chi connectivity index (χ3n) is 5.85. The van der Waals surface area contributed by atoms with E-state index in [-0.39, 0.29) is 5.56 Å². The zero-order valence-electron chi connectivity index (χ0n) is 20.3. The van der Waals surface area contributed by atoms with Crippen LogP contribution in [0.2, 0.25) is 0 Å². The van der Waals surface area contributed by atoms with E-state index >= 15 is 0 Å². The quantitative estimate of drug-likeness (QED) is 0.130. The first kappa shape index (κ1) is 30.5. The van der Waals surface area contributed by atoms with Gasteiger partial charge in [-0.1, -0.05) is 63.6 Å². The fraction of sp³-hybridized carbons (Fsp3) is 0.538. The zero-order chi connectivity index (χ0) is 27.7. The molecule has 2 rings (SSSR count). The van der Waals surface area contributed by atoms with E-state index in [0.29, 0.717) is 11.3 Å². The van der Waals surface area contributed by atoms with Crippen LogP contribution in [-0.2, 0) is 11.2 Å². The molecule has 1 aromatic heterocycles. The topological polar surface area (TPSA) is 39.2 Å². The highest BCUT2D eigenvalue weighted by atomic mass is 19.4. The second-order valence-electron chi connectivity index (χ2n) is 8.78. The molecule has 0 spiro atoms. The van der Waals surface area contributed by atoms with Crippen LogP contribution in [0.3, 0.4) is 0 Å². The summed E-state index contributed by atoms with van der Waals surface area (Å²) in [5.74, 6) is -20.0. The molecule has 0 atom stereocenters. The average molecular weight is 540 g/mol. The van der Waals surface area contributed by atoms with Crippen molar-refractivity contribution in [3.8, 4) is 11.3 Å². The number of hydrogen-bond acceptors (Lipinski definition) is 3. The Hall–Kier alpha value is -2.72. The van der Waals surface area contributed by atoms with Gasteiger partial charge < -0.3 is 4.74 Å². The van der Waals surface area contributed by atoms with Gasteiger partial charge in [-0.2, -0.15) is 26.3 Å². The average Bonchev–Trinajstić information content (AvgIpc) is 2.87. The fourth-order valence-corrected chi connectivity index (χ4v) is 3.52. The van der Waals surface area contributed by atoms with E-state index in [1.807, 2.05) is 6.07 Å². The van der Waals surface area contributed by atoms with Gasteiger partial charge in [0.15, 0.2) is 6.61 Å². The van der Waals surface area contributed by atoms with Crippen molar-refractivity contribution in [2.75, 3.05) is 6.61 Å². The Bertz CT molecular complexity index is 979. The van der Waals surface area contributed by atoms with E-state index in [1.54, 1.807) is 12.3 Å². The maximum atomic E-state index is 13.6. The lowest BCUT2D eigenvalue weighted by Gasteiger charge is -2.31. The SMILES string of the molecule is CCCCCCCCCc1ccc(-c2ccc(C(=O)OCC(F)(F)C(F)(F)C(F)(F)C(F)F)cc2)nc1. The standard InChI is InChI=1S/C26H29F8NO2/c1-2-3-4-5-6-7-8-9-18-10-15-21(35-16-18)19-11-13-20(14-12-19)22(36)37-17-24(29,30)26(33,34)25(31,32)23(27)28/h10-16,23H,2-9,17H2,1H3. The lowest BCUT2D eigenvalue weighted by atomic mass is 10.0. The number of rotatable bonds is 15. The van der Waals surface area contributed by atoms with Gasteiger partial charge in [0.25, 0.3) is 0 Å². The second-order valence-corrected chi connectivity index (χ2v) is 8.78. The molecule has 3 nitrogen and oxygen atoms in total. The number of benzene rings is 1. The number of nitrogens with zero attached hydrogens (tertiary/aromatic N) is 1. The molecule has 37 heavy (non-hydrogen) atoms. The number of esters is 1. The van der Waals surface area contributed by atoms with E-state index in [4.69, 9.17) is 0 Å². The molecule has 0 radical (unpaired) electrons. The molecule has 0 bridgehead atoms. The van der Waals surface area contributed by atoms with Gasteiger partial charge in [-0.3, -0.25) is 4.98 Å². The van der Waals surface area contributed by atoms with Gasteiger partial charge in [0.2, 0.25) is 0 Å². The molecular weight excluding hydrogens is 510 g/mol. The minimum Gasteiger partial charge on any atom is -0.455 e. The molecule has 1 aromatic carbocycles. The fourth-order valence-electron chi connectivity index (χ4n) is 3.52. The number of carbonyl (C=O) groups is 1. The maximum absolute atomic E-state index is 13.6. The number of carbonyl (C=O) groups excluding carboxylic acids is 1. The monoisotopic (exact) mass is 539 g/mol. The summed E-state index contributed by atoms with van der Waals surface area (Å²) in [6.07, 6.45) is 5.92. The third kappa shape index (κ3) is 7.88. The Morgan fingerprint density at radius 2 is 1.46 bits per heavy atom. The molecule has 0 saturated heterocycles. The zero-order valence-corrected chi connectivity index (χ0v) is 20.3. The predicted octanol–water partition coefficient (Wildman–Crippen LogP) is 8.37. The van der Waals surface area contributed by atoms with Crippen molar-refractivity contribution in [2.24, 2.45) is 0 Å². The number of hydrogen-bond donors (Lipinski definition) is 0. The van der Waals surface area contributed by atoms with Gasteiger partial charge in [0.05, 0.1) is 11.3 Å². The van der Waals surface area contributed by atoms with Crippen molar-refractivity contribution in [3.63, 3.8) is 0 Å². The van der Waals surface area contributed by atoms with Gasteiger partial charge in [-0.05, 0) is 36.6 Å². The lowest BCUT2D eigenvalue weighted by Crippen LogP contribution is -2.59. The van der Waals surface area contributed by atoms with Crippen molar-refractivity contribution in [1.29, 1.82) is 0 Å². The molecule has 0 N–H and O–H groups in total. The van der Waals surface area contributed by atoms with Crippen LogP contribution in [0.5, 0.6) is 0 Å². The number of halogens is 8. The molecule has 0 fully saturated rings. The first-order valence-corrected chi connectivity index (χ1v) is 12.0. The van der Waals surface area contributed by atoms with Crippen LogP contribution in [0.25, 0.3) is 11.3 Å². The molecule has 0 aliphatic heterocycles. The summed E-state index contributed by atoms with van der Waals surface area (Å²) in [5, 5.41) is 0. The van der Waals surface area contributed by atoms with Crippen molar-refractivity contribution in [3.05, 3.63) is 53.7 Å². The molecular formula is C26H29F8NO2. The molecule has 0 aliphatic carbocycles. The number of alkyl halides is 8. The molecule has 1 heterocycles. The Balaban J connectivity index is 1.91. The Kier molecular flexibility index (Phi) is 10.9. The van der Waals surface area contributed by atoms with Crippen LogP contribution in [0.4, 0.5) is 35.1 Å². The minimum absolute atomic E-state index is 0.334. The van der Waals surface area contributed by atoms with Crippen LogP contribution < -0.4 is 0 Å². The Morgan fingerprint density at radius 1 is 0.865 bits per heavy atom. The van der Waals surface area contributed by atoms with E-state index in [1.165, 1.54) is 44.2 Å². The molecule has 0 saturated carbocycles. The summed E-state index contributed by atoms with van der Waals surface area (Å²) in [7, 11) is 0. The smallest absolute Gasteiger partial charge is 0.381 e. The molecule has 0 unspecified atom stereocenters. The number of aryl methyl sites for hydroxylation is 1. The van der Waals surface area contributed by atoms with Gasteiger partial charge in [0.1, 0.15) is 0 Å². The van der Waals surface area contributed by atoms with Crippen LogP contribution in [0.15, 0.2) is 42.6 Å². The molecule has 0 amide bonds. The highest BCUT2D eigenvalue weighted by Crippen LogP contribution is 2.48. The van der Waals surface area contributed by atoms with Crippen molar-refractivity contribution in [1.82, 2.24) is 4.98 Å². The van der Waals surface area contributed by atoms with E-state index in [2.05, 4.69) is 16.6 Å². The maximum Gasteiger partial charge on any atom is 0.381 e. The van der Waals surface area contributed by atoms with Gasteiger partial charge >= 0.3 is 30.2 Å². The van der Waals surface area contributed by atoms with Gasteiger partial charge in [0, 0.05) is 11.8 Å². The van der Waals surface area contributed by atoms with Crippen LogP contribution in [-0.4, -0.2) is 41.8 Å². The molecule has 0 aliphatic rings. The summed E-state index contributed by atoms with van der Waals surface area (Å²) in [6.45, 7) is -0.336. The summed E-state index contributed by atoms with van der Waals surface area (Å²) >= 11 is 0. The summed E-state index contributed by atoms with van der Waals surface area (Å²) in [5.41, 5.74) is 1.85. The van der Waals surface area contributed by atoms with Crippen molar-refractivity contribution in [2.45, 2.75) is 82.5 Å². The summed E-state index contributed by atoms with van der Waals surface area (Å²) in [4.78, 5) is 16.3. The number of ether oxygens (including phenoxy) is 1. The van der Waals surface area contributed by atoms with Crippen LogP contribution >= 0.6 is 0 Å². The minimum atomic E-state index is -6.44. The Labute approximate surface area is 210 Å². The summed E-state index contributed by atoms with van der Waals surface area (Å²) < 4.78 is 108. The van der Waals surface area contributed by atoms with Crippen molar-refractivity contribution >= 4 is 5.97 Å². The molecule has 206 valence electrons. The molecule has 11 heteroatoms. The first-order valence-electron chi connectivity index (χ1n) is 12.0. The van der Waals surface area contributed by atoms with E-state index < -0.39 is 36.8 Å². The lowest BCUT2D eigenvalue weighted by molar-refractivity contribution is -0.343. The van der Waals surface area contributed by atoms with Crippen LogP contribution in [0.1, 0.15) is 67.8 Å². The van der Waals surface area contributed by atoms with Gasteiger partial charge in [-0.25, -0.2) is 13.6 Å². The van der Waals surface area contributed by atoms with E-state index in [9.17, 15) is 39.9 Å². The second kappa shape index (κ2) is 13.2. The van der Waals surface area contributed by atoms with Gasteiger partial charge in [-0.15, -0.1) is 0 Å². The first-order chi connectivity index (χ1) is 17.3. The van der Waals surface area contributed by atoms with Crippen LogP contribution in [0, 0.1) is 0 Å². The molecule has 2 aromatic rings. The number of aromatic nitrogens is 1. The predicted molar refractivity (Wildman–Crippen MR) is 122 cm³/mol. The number of pyridine rings is 1. The van der Waals surface area contributed by atoms with E-state index in [0.717, 1.165) is 37.0 Å². The highest BCUT2D eigenvalue weighted by Gasteiger charge is 2.75. The van der Waals surface area contributed by atoms with Crippen molar-refractivity contribution < 1.29 is 44.7 Å².